The lowest BCUT2D eigenvalue weighted by Crippen LogP contribution is -2.43. The van der Waals surface area contributed by atoms with Crippen molar-refractivity contribution in [1.29, 1.82) is 0 Å². The van der Waals surface area contributed by atoms with Crippen LogP contribution in [0.2, 0.25) is 0 Å². The van der Waals surface area contributed by atoms with Gasteiger partial charge in [-0.1, -0.05) is 30.3 Å². The molecule has 0 radical (unpaired) electrons. The number of pyridine rings is 1. The number of carbonyl (C=O) groups excluding carboxylic acids is 1. The number of amides is 1. The maximum atomic E-state index is 13.1. The van der Waals surface area contributed by atoms with Crippen LogP contribution in [0.1, 0.15) is 23.3 Å². The SMILES string of the molecule is O=C(NC(CF)C(O)c1ccc(-c2ccc(C3CS(=O)(=O)C3)nc2)cc1)C(F)F. The van der Waals surface area contributed by atoms with E-state index in [0.717, 1.165) is 11.1 Å². The predicted octanol–water partition coefficient (Wildman–Crippen LogP) is 2.01. The lowest BCUT2D eigenvalue weighted by Gasteiger charge is -2.25. The van der Waals surface area contributed by atoms with Gasteiger partial charge in [-0.15, -0.1) is 0 Å². The van der Waals surface area contributed by atoms with E-state index in [2.05, 4.69) is 4.98 Å². The van der Waals surface area contributed by atoms with E-state index in [0.29, 0.717) is 5.69 Å². The van der Waals surface area contributed by atoms with Crippen molar-refractivity contribution >= 4 is 15.7 Å². The highest BCUT2D eigenvalue weighted by Gasteiger charge is 2.35. The summed E-state index contributed by atoms with van der Waals surface area (Å²) in [5, 5.41) is 12.0. The first-order chi connectivity index (χ1) is 13.7. The number of alkyl halides is 3. The molecule has 0 saturated carbocycles. The molecule has 1 fully saturated rings. The van der Waals surface area contributed by atoms with Crippen molar-refractivity contribution in [2.45, 2.75) is 24.5 Å². The minimum absolute atomic E-state index is 0.0901. The Morgan fingerprint density at radius 2 is 1.76 bits per heavy atom. The number of nitrogens with one attached hydrogen (secondary N) is 1. The van der Waals surface area contributed by atoms with Gasteiger partial charge < -0.3 is 10.4 Å². The maximum Gasteiger partial charge on any atom is 0.315 e. The quantitative estimate of drug-likeness (QED) is 0.703. The Kier molecular flexibility index (Phi) is 6.23. The predicted molar refractivity (Wildman–Crippen MR) is 99.9 cm³/mol. The number of aromatic nitrogens is 1. The Balaban J connectivity index is 1.68. The van der Waals surface area contributed by atoms with Crippen LogP contribution in [-0.4, -0.2) is 55.1 Å². The Labute approximate surface area is 165 Å². The van der Waals surface area contributed by atoms with Gasteiger partial charge in [0.1, 0.15) is 12.8 Å². The summed E-state index contributed by atoms with van der Waals surface area (Å²) in [6, 6.07) is 8.37. The van der Waals surface area contributed by atoms with Gasteiger partial charge in [-0.25, -0.2) is 12.8 Å². The van der Waals surface area contributed by atoms with Crippen LogP contribution >= 0.6 is 0 Å². The molecule has 2 N–H and O–H groups in total. The zero-order valence-electron chi connectivity index (χ0n) is 15.1. The summed E-state index contributed by atoms with van der Waals surface area (Å²) in [5.41, 5.74) is 2.46. The molecule has 156 valence electrons. The topological polar surface area (TPSA) is 96.4 Å². The van der Waals surface area contributed by atoms with Crippen LogP contribution in [0, 0.1) is 0 Å². The number of aliphatic hydroxyl groups excluding tert-OH is 1. The summed E-state index contributed by atoms with van der Waals surface area (Å²) in [4.78, 5) is 15.4. The summed E-state index contributed by atoms with van der Waals surface area (Å²) in [6.45, 7) is -1.20. The van der Waals surface area contributed by atoms with E-state index in [1.807, 2.05) is 0 Å². The highest BCUT2D eigenvalue weighted by atomic mass is 32.2. The van der Waals surface area contributed by atoms with Crippen LogP contribution < -0.4 is 5.32 Å². The van der Waals surface area contributed by atoms with E-state index in [9.17, 15) is 31.5 Å². The van der Waals surface area contributed by atoms with Crippen molar-refractivity contribution in [2.24, 2.45) is 0 Å². The molecule has 2 unspecified atom stereocenters. The molecular formula is C19H19F3N2O4S. The molecule has 0 aliphatic carbocycles. The molecule has 2 heterocycles. The fourth-order valence-corrected chi connectivity index (χ4v) is 4.58. The Morgan fingerprint density at radius 1 is 1.14 bits per heavy atom. The third-order valence-corrected chi connectivity index (χ3v) is 6.59. The van der Waals surface area contributed by atoms with Gasteiger partial charge in [0.05, 0.1) is 17.5 Å². The van der Waals surface area contributed by atoms with Gasteiger partial charge in [-0.2, -0.15) is 8.78 Å². The van der Waals surface area contributed by atoms with Crippen LogP contribution in [0.3, 0.4) is 0 Å². The summed E-state index contributed by atoms with van der Waals surface area (Å²) < 4.78 is 60.3. The van der Waals surface area contributed by atoms with E-state index >= 15 is 0 Å². The number of rotatable bonds is 7. The number of benzene rings is 1. The Hall–Kier alpha value is -2.46. The Morgan fingerprint density at radius 3 is 2.24 bits per heavy atom. The van der Waals surface area contributed by atoms with Gasteiger partial charge in [-0.05, 0) is 17.2 Å². The highest BCUT2D eigenvalue weighted by Crippen LogP contribution is 2.29. The van der Waals surface area contributed by atoms with Crippen molar-refractivity contribution in [3.63, 3.8) is 0 Å². The van der Waals surface area contributed by atoms with E-state index in [4.69, 9.17) is 0 Å². The van der Waals surface area contributed by atoms with E-state index in [1.165, 1.54) is 12.1 Å². The third-order valence-electron chi connectivity index (χ3n) is 4.77. The summed E-state index contributed by atoms with van der Waals surface area (Å²) in [7, 11) is -2.93. The number of aliphatic hydroxyl groups is 1. The third kappa shape index (κ3) is 4.94. The molecule has 1 saturated heterocycles. The van der Waals surface area contributed by atoms with Gasteiger partial charge in [0.2, 0.25) is 0 Å². The Bertz CT molecular complexity index is 954. The van der Waals surface area contributed by atoms with Gasteiger partial charge in [0.15, 0.2) is 9.84 Å². The van der Waals surface area contributed by atoms with Crippen LogP contribution in [0.25, 0.3) is 11.1 Å². The molecule has 1 aromatic carbocycles. The van der Waals surface area contributed by atoms with Crippen molar-refractivity contribution in [2.75, 3.05) is 18.2 Å². The van der Waals surface area contributed by atoms with Crippen molar-refractivity contribution < 1.29 is 31.5 Å². The second kappa shape index (κ2) is 8.50. The number of sulfone groups is 1. The molecule has 1 aliphatic heterocycles. The second-order valence-electron chi connectivity index (χ2n) is 6.88. The number of nitrogens with zero attached hydrogens (tertiary/aromatic N) is 1. The van der Waals surface area contributed by atoms with Crippen molar-refractivity contribution in [3.05, 3.63) is 53.9 Å². The smallest absolute Gasteiger partial charge is 0.315 e. The molecule has 10 heteroatoms. The molecule has 0 bridgehead atoms. The molecule has 1 aliphatic rings. The van der Waals surface area contributed by atoms with Crippen molar-refractivity contribution in [1.82, 2.24) is 10.3 Å². The molecule has 0 spiro atoms. The molecule has 3 rings (SSSR count). The zero-order valence-corrected chi connectivity index (χ0v) is 15.9. The number of hydrogen-bond donors (Lipinski definition) is 2. The average molecular weight is 428 g/mol. The maximum absolute atomic E-state index is 13.1. The first kappa shape index (κ1) is 21.3. The molecule has 29 heavy (non-hydrogen) atoms. The molecule has 2 atom stereocenters. The van der Waals surface area contributed by atoms with Gasteiger partial charge in [0, 0.05) is 23.4 Å². The standard InChI is InChI=1S/C19H19F3N2O4S/c20-7-16(24-19(26)18(21)22)17(25)12-3-1-11(2-4-12)13-5-6-15(23-8-13)14-9-29(27,28)10-14/h1-6,8,14,16-18,25H,7,9-10H2,(H,24,26). The normalized spacial score (nSPS) is 18.1. The number of hydrogen-bond acceptors (Lipinski definition) is 5. The minimum Gasteiger partial charge on any atom is -0.386 e. The molecule has 1 amide bonds. The summed E-state index contributed by atoms with van der Waals surface area (Å²) in [5.74, 6) is -1.53. The lowest BCUT2D eigenvalue weighted by molar-refractivity contribution is -0.133. The minimum atomic E-state index is -3.30. The van der Waals surface area contributed by atoms with Crippen LogP contribution in [0.15, 0.2) is 42.6 Å². The van der Waals surface area contributed by atoms with E-state index in [-0.39, 0.29) is 23.0 Å². The van der Waals surface area contributed by atoms with Crippen LogP contribution in [0.5, 0.6) is 0 Å². The fourth-order valence-electron chi connectivity index (χ4n) is 3.11. The first-order valence-corrected chi connectivity index (χ1v) is 10.6. The lowest BCUT2D eigenvalue weighted by atomic mass is 9.99. The van der Waals surface area contributed by atoms with E-state index < -0.39 is 41.0 Å². The van der Waals surface area contributed by atoms with E-state index in [1.54, 1.807) is 35.8 Å². The molecule has 1 aromatic heterocycles. The molecule has 2 aromatic rings. The number of halogens is 3. The summed E-state index contributed by atoms with van der Waals surface area (Å²) >= 11 is 0. The number of carbonyl (C=O) groups is 1. The van der Waals surface area contributed by atoms with Gasteiger partial charge in [-0.3, -0.25) is 9.78 Å². The fraction of sp³-hybridized carbons (Fsp3) is 0.368. The van der Waals surface area contributed by atoms with Crippen LogP contribution in [-0.2, 0) is 14.6 Å². The monoisotopic (exact) mass is 428 g/mol. The average Bonchev–Trinajstić information content (AvgIpc) is 2.69. The largest absolute Gasteiger partial charge is 0.386 e. The molecule has 6 nitrogen and oxygen atoms in total. The zero-order chi connectivity index (χ0) is 21.2. The second-order valence-corrected chi connectivity index (χ2v) is 9.04. The van der Waals surface area contributed by atoms with Gasteiger partial charge >= 0.3 is 6.43 Å². The highest BCUT2D eigenvalue weighted by molar-refractivity contribution is 7.92. The van der Waals surface area contributed by atoms with Gasteiger partial charge in [0.25, 0.3) is 5.91 Å². The first-order valence-electron chi connectivity index (χ1n) is 8.79. The van der Waals surface area contributed by atoms with Crippen molar-refractivity contribution in [3.8, 4) is 11.1 Å². The molecular weight excluding hydrogens is 409 g/mol. The van der Waals surface area contributed by atoms with Crippen LogP contribution in [0.4, 0.5) is 13.2 Å². The summed E-state index contributed by atoms with van der Waals surface area (Å²) in [6.07, 6.45) is -3.18.